The summed E-state index contributed by atoms with van der Waals surface area (Å²) in [4.78, 5) is 0. The molecule has 0 bridgehead atoms. The van der Waals surface area contributed by atoms with E-state index in [2.05, 4.69) is 13.2 Å². The Labute approximate surface area is 90.6 Å². The monoisotopic (exact) mass is 220 g/mol. The molecule has 0 aromatic carbocycles. The first-order valence-corrected chi connectivity index (χ1v) is 4.58. The Kier molecular flexibility index (Phi) is 20.4. The molecule has 0 radical (unpaired) electrons. The predicted octanol–water partition coefficient (Wildman–Crippen LogP) is 0.294. The largest absolute Gasteiger partial charge is 0.499 e. The number of ether oxygens (including phenoxy) is 3. The molecule has 90 valence electrons. The second-order valence-electron chi connectivity index (χ2n) is 2.13. The zero-order valence-corrected chi connectivity index (χ0v) is 8.93. The molecule has 0 saturated heterocycles. The van der Waals surface area contributed by atoms with E-state index >= 15 is 0 Å². The van der Waals surface area contributed by atoms with Gasteiger partial charge >= 0.3 is 0 Å². The molecule has 0 aromatic heterocycles. The van der Waals surface area contributed by atoms with E-state index in [-0.39, 0.29) is 13.2 Å². The van der Waals surface area contributed by atoms with Crippen LogP contribution in [-0.4, -0.2) is 49.9 Å². The molecular weight excluding hydrogens is 200 g/mol. The van der Waals surface area contributed by atoms with Crippen LogP contribution in [0.5, 0.6) is 0 Å². The van der Waals surface area contributed by atoms with Crippen LogP contribution in [0.2, 0.25) is 0 Å². The Morgan fingerprint density at radius 2 is 1.20 bits per heavy atom. The van der Waals surface area contributed by atoms with E-state index in [9.17, 15) is 0 Å². The summed E-state index contributed by atoms with van der Waals surface area (Å²) in [5.74, 6) is 0. The Morgan fingerprint density at radius 1 is 0.800 bits per heavy atom. The van der Waals surface area contributed by atoms with Crippen molar-refractivity contribution in [3.8, 4) is 0 Å². The Hall–Kier alpha value is -1.04. The van der Waals surface area contributed by atoms with Gasteiger partial charge in [-0.3, -0.25) is 0 Å². The van der Waals surface area contributed by atoms with Gasteiger partial charge in [-0.05, 0) is 0 Å². The van der Waals surface area contributed by atoms with Crippen molar-refractivity contribution in [3.05, 3.63) is 25.7 Å². The maximum absolute atomic E-state index is 7.62. The molecule has 0 unspecified atom stereocenters. The Morgan fingerprint density at radius 3 is 1.47 bits per heavy atom. The molecule has 5 heteroatoms. The highest BCUT2D eigenvalue weighted by Crippen LogP contribution is 1.80. The Balaban J connectivity index is 0. The number of hydrogen-bond donors (Lipinski definition) is 2. The first-order valence-electron chi connectivity index (χ1n) is 4.58. The lowest BCUT2D eigenvalue weighted by atomic mass is 10.7. The van der Waals surface area contributed by atoms with Crippen molar-refractivity contribution in [3.63, 3.8) is 0 Å². The van der Waals surface area contributed by atoms with E-state index in [0.29, 0.717) is 26.4 Å². The van der Waals surface area contributed by atoms with Gasteiger partial charge in [-0.25, -0.2) is 0 Å². The van der Waals surface area contributed by atoms with Crippen molar-refractivity contribution >= 4 is 0 Å². The van der Waals surface area contributed by atoms with Gasteiger partial charge in [0, 0.05) is 0 Å². The van der Waals surface area contributed by atoms with E-state index < -0.39 is 0 Å². The third-order valence-electron chi connectivity index (χ3n) is 1.03. The fourth-order valence-electron chi connectivity index (χ4n) is 0.483. The van der Waals surface area contributed by atoms with Gasteiger partial charge in [0.2, 0.25) is 0 Å². The molecule has 0 spiro atoms. The summed E-state index contributed by atoms with van der Waals surface area (Å²) in [5, 5.41) is 15.2. The van der Waals surface area contributed by atoms with Gasteiger partial charge in [0.1, 0.15) is 13.2 Å². The van der Waals surface area contributed by atoms with Crippen LogP contribution in [-0.2, 0) is 14.2 Å². The first-order chi connectivity index (χ1) is 7.33. The summed E-state index contributed by atoms with van der Waals surface area (Å²) in [6, 6.07) is 0. The van der Waals surface area contributed by atoms with Crippen LogP contribution in [0.25, 0.3) is 0 Å². The quantitative estimate of drug-likeness (QED) is 0.432. The molecule has 5 nitrogen and oxygen atoms in total. The van der Waals surface area contributed by atoms with E-state index in [1.807, 2.05) is 0 Å². The predicted molar refractivity (Wildman–Crippen MR) is 57.3 cm³/mol. The Bertz CT molecular complexity index is 113. The molecule has 2 N–H and O–H groups in total. The van der Waals surface area contributed by atoms with Crippen LogP contribution >= 0.6 is 0 Å². The molecule has 0 aliphatic rings. The molecule has 15 heavy (non-hydrogen) atoms. The smallest absolute Gasteiger partial charge is 0.111 e. The summed E-state index contributed by atoms with van der Waals surface area (Å²) in [6.07, 6.45) is 2.78. The first kappa shape index (κ1) is 16.4. The van der Waals surface area contributed by atoms with E-state index in [1.54, 1.807) is 0 Å². The third kappa shape index (κ3) is 24.6. The van der Waals surface area contributed by atoms with E-state index in [1.165, 1.54) is 12.5 Å². The minimum atomic E-state index is -0.125. The lowest BCUT2D eigenvalue weighted by molar-refractivity contribution is 0.0560. The summed E-state index contributed by atoms with van der Waals surface area (Å²) in [5.41, 5.74) is 0. The van der Waals surface area contributed by atoms with Crippen molar-refractivity contribution in [1.29, 1.82) is 0 Å². The molecule has 0 atom stereocenters. The molecule has 0 amide bonds. The summed E-state index contributed by atoms with van der Waals surface area (Å²) in [7, 11) is 0. The molecule has 0 heterocycles. The number of hydrogen-bond acceptors (Lipinski definition) is 5. The molecule has 0 aliphatic heterocycles. The minimum absolute atomic E-state index is 0.125. The summed E-state index contributed by atoms with van der Waals surface area (Å²) < 4.78 is 14.7. The molecule has 0 aromatic rings. The number of aliphatic hydroxyl groups excluding tert-OH is 2. The summed E-state index contributed by atoms with van der Waals surface area (Å²) in [6.45, 7) is 8.74. The van der Waals surface area contributed by atoms with Crippen molar-refractivity contribution in [2.75, 3.05) is 39.6 Å². The maximum Gasteiger partial charge on any atom is 0.111 e. The van der Waals surface area contributed by atoms with Crippen LogP contribution in [0.4, 0.5) is 0 Å². The van der Waals surface area contributed by atoms with Gasteiger partial charge in [0.15, 0.2) is 0 Å². The molecular formula is C10H20O5. The van der Waals surface area contributed by atoms with Gasteiger partial charge in [-0.2, -0.15) is 0 Å². The third-order valence-corrected chi connectivity index (χ3v) is 1.03. The van der Waals surface area contributed by atoms with Crippen LogP contribution in [0.15, 0.2) is 25.7 Å². The standard InChI is InChI=1S/C8H14O3.C2H6O2/c1-3-9-5-7-11-8-6-10-4-2;3-1-2-4/h3-4H,1-2,5-8H2;3-4H,1-2H2. The van der Waals surface area contributed by atoms with Crippen molar-refractivity contribution in [2.45, 2.75) is 0 Å². The minimum Gasteiger partial charge on any atom is -0.499 e. The number of rotatable bonds is 9. The lowest BCUT2D eigenvalue weighted by Gasteiger charge is -2.02. The highest BCUT2D eigenvalue weighted by molar-refractivity contribution is 4.49. The normalized spacial score (nSPS) is 8.40. The number of aliphatic hydroxyl groups is 2. The second-order valence-corrected chi connectivity index (χ2v) is 2.13. The zero-order valence-electron chi connectivity index (χ0n) is 8.93. The molecule has 0 fully saturated rings. The highest BCUT2D eigenvalue weighted by atomic mass is 16.5. The van der Waals surface area contributed by atoms with Crippen molar-refractivity contribution in [1.82, 2.24) is 0 Å². The molecule has 0 aliphatic carbocycles. The van der Waals surface area contributed by atoms with Gasteiger partial charge in [-0.1, -0.05) is 13.2 Å². The topological polar surface area (TPSA) is 68.2 Å². The van der Waals surface area contributed by atoms with Crippen molar-refractivity contribution < 1.29 is 24.4 Å². The fourth-order valence-corrected chi connectivity index (χ4v) is 0.483. The van der Waals surface area contributed by atoms with Crippen LogP contribution in [0, 0.1) is 0 Å². The van der Waals surface area contributed by atoms with Crippen molar-refractivity contribution in [2.24, 2.45) is 0 Å². The zero-order chi connectivity index (χ0) is 11.8. The SMILES string of the molecule is C=COCCOCCOC=C.OCCO. The maximum atomic E-state index is 7.62. The molecule has 0 saturated carbocycles. The van der Waals surface area contributed by atoms with Crippen LogP contribution < -0.4 is 0 Å². The van der Waals surface area contributed by atoms with Gasteiger partial charge in [0.25, 0.3) is 0 Å². The van der Waals surface area contributed by atoms with Gasteiger partial charge in [0.05, 0.1) is 39.0 Å². The average Bonchev–Trinajstić information content (AvgIpc) is 2.28. The van der Waals surface area contributed by atoms with Gasteiger partial charge in [-0.15, -0.1) is 0 Å². The summed E-state index contributed by atoms with van der Waals surface area (Å²) >= 11 is 0. The fraction of sp³-hybridized carbons (Fsp3) is 0.600. The highest BCUT2D eigenvalue weighted by Gasteiger charge is 1.86. The van der Waals surface area contributed by atoms with Crippen LogP contribution in [0.3, 0.4) is 0 Å². The molecule has 0 rings (SSSR count). The van der Waals surface area contributed by atoms with E-state index in [4.69, 9.17) is 24.4 Å². The van der Waals surface area contributed by atoms with Gasteiger partial charge < -0.3 is 24.4 Å². The van der Waals surface area contributed by atoms with E-state index in [0.717, 1.165) is 0 Å². The lowest BCUT2D eigenvalue weighted by Crippen LogP contribution is -2.06. The average molecular weight is 220 g/mol. The van der Waals surface area contributed by atoms with Crippen LogP contribution in [0.1, 0.15) is 0 Å². The second kappa shape index (κ2) is 18.7.